The Bertz CT molecular complexity index is 1230. The number of furan rings is 1. The lowest BCUT2D eigenvalue weighted by Crippen LogP contribution is -2.11. The minimum Gasteiger partial charge on any atom is -0.455 e. The molecule has 1 heterocycles. The molecule has 128 valence electrons. The highest BCUT2D eigenvalue weighted by atomic mass is 16.3. The van der Waals surface area contributed by atoms with Crippen molar-refractivity contribution in [2.75, 3.05) is 0 Å². The smallest absolute Gasteiger partial charge is 0.193 e. The standard InChI is InChI=1S/C24H14O3/c25-19-13-11-18-22-20(27-24(18)16-9-5-2-6-10-16)14-12-17(21(19)22)23(26)15-7-3-1-4-8-15/h1-14H. The summed E-state index contributed by atoms with van der Waals surface area (Å²) in [4.78, 5) is 25.7. The maximum Gasteiger partial charge on any atom is 0.193 e. The fourth-order valence-corrected chi connectivity index (χ4v) is 3.61. The molecule has 0 saturated heterocycles. The van der Waals surface area contributed by atoms with Gasteiger partial charge in [-0.1, -0.05) is 60.7 Å². The second-order valence-corrected chi connectivity index (χ2v) is 6.46. The second kappa shape index (κ2) is 5.92. The van der Waals surface area contributed by atoms with Crippen molar-refractivity contribution in [3.8, 4) is 11.3 Å². The normalized spacial score (nSPS) is 12.5. The van der Waals surface area contributed by atoms with Gasteiger partial charge in [-0.15, -0.1) is 0 Å². The quantitative estimate of drug-likeness (QED) is 0.456. The maximum atomic E-state index is 13.0. The van der Waals surface area contributed by atoms with Crippen molar-refractivity contribution in [1.29, 1.82) is 0 Å². The van der Waals surface area contributed by atoms with Crippen LogP contribution in [0.3, 0.4) is 0 Å². The number of rotatable bonds is 3. The lowest BCUT2D eigenvalue weighted by atomic mass is 9.88. The highest BCUT2D eigenvalue weighted by Crippen LogP contribution is 2.40. The van der Waals surface area contributed by atoms with Gasteiger partial charge in [0.25, 0.3) is 0 Å². The van der Waals surface area contributed by atoms with Gasteiger partial charge in [-0.3, -0.25) is 9.59 Å². The van der Waals surface area contributed by atoms with Gasteiger partial charge in [0.1, 0.15) is 11.3 Å². The summed E-state index contributed by atoms with van der Waals surface area (Å²) in [6.07, 6.45) is 3.29. The van der Waals surface area contributed by atoms with Gasteiger partial charge in [-0.25, -0.2) is 0 Å². The van der Waals surface area contributed by atoms with Crippen molar-refractivity contribution >= 4 is 28.6 Å². The third-order valence-electron chi connectivity index (χ3n) is 4.86. The molecule has 0 saturated carbocycles. The van der Waals surface area contributed by atoms with Crippen LogP contribution in [0.4, 0.5) is 0 Å². The molecular weight excluding hydrogens is 336 g/mol. The molecule has 27 heavy (non-hydrogen) atoms. The van der Waals surface area contributed by atoms with E-state index in [1.165, 1.54) is 6.08 Å². The fraction of sp³-hybridized carbons (Fsp3) is 0. The molecule has 0 unspecified atom stereocenters. The third kappa shape index (κ3) is 2.36. The minimum atomic E-state index is -0.173. The molecule has 0 N–H and O–H groups in total. The molecular formula is C24H14O3. The van der Waals surface area contributed by atoms with Gasteiger partial charge in [0.15, 0.2) is 11.6 Å². The molecule has 3 heteroatoms. The molecule has 0 bridgehead atoms. The molecule has 1 aliphatic carbocycles. The van der Waals surface area contributed by atoms with Crippen LogP contribution in [-0.2, 0) is 0 Å². The van der Waals surface area contributed by atoms with E-state index in [1.54, 1.807) is 30.3 Å². The SMILES string of the molecule is O=C(c1ccccc1)c1ccc2oc(-c3ccccc3)c3c2c1C(=O)C=C3. The zero-order valence-electron chi connectivity index (χ0n) is 14.3. The van der Waals surface area contributed by atoms with Crippen LogP contribution in [0, 0.1) is 0 Å². The van der Waals surface area contributed by atoms with Crippen molar-refractivity contribution in [2.24, 2.45) is 0 Å². The zero-order valence-corrected chi connectivity index (χ0v) is 14.3. The lowest BCUT2D eigenvalue weighted by molar-refractivity contribution is 0.101. The number of allylic oxidation sites excluding steroid dienone is 1. The molecule has 1 aliphatic rings. The Morgan fingerprint density at radius 2 is 1.48 bits per heavy atom. The highest BCUT2D eigenvalue weighted by Gasteiger charge is 2.27. The third-order valence-corrected chi connectivity index (χ3v) is 4.86. The summed E-state index contributed by atoms with van der Waals surface area (Å²) >= 11 is 0. The number of benzene rings is 3. The summed E-state index contributed by atoms with van der Waals surface area (Å²) in [6, 6.07) is 22.2. The van der Waals surface area contributed by atoms with Crippen molar-refractivity contribution in [3.05, 3.63) is 101 Å². The Labute approximate surface area is 155 Å². The molecule has 3 nitrogen and oxygen atoms in total. The molecule has 5 rings (SSSR count). The number of hydrogen-bond acceptors (Lipinski definition) is 3. The number of ketones is 2. The predicted octanol–water partition coefficient (Wildman–Crippen LogP) is 5.54. The van der Waals surface area contributed by atoms with E-state index in [9.17, 15) is 9.59 Å². The van der Waals surface area contributed by atoms with Gasteiger partial charge in [0.2, 0.25) is 0 Å². The summed E-state index contributed by atoms with van der Waals surface area (Å²) < 4.78 is 6.07. The highest BCUT2D eigenvalue weighted by molar-refractivity contribution is 6.27. The topological polar surface area (TPSA) is 47.3 Å². The summed E-state index contributed by atoms with van der Waals surface area (Å²) in [6.45, 7) is 0. The molecule has 0 radical (unpaired) electrons. The molecule has 0 aliphatic heterocycles. The Morgan fingerprint density at radius 1 is 0.778 bits per heavy atom. The van der Waals surface area contributed by atoms with Crippen molar-refractivity contribution in [2.45, 2.75) is 0 Å². The summed E-state index contributed by atoms with van der Waals surface area (Å²) in [7, 11) is 0. The van der Waals surface area contributed by atoms with Gasteiger partial charge in [0.05, 0.1) is 0 Å². The summed E-state index contributed by atoms with van der Waals surface area (Å²) in [5.74, 6) is 0.372. The van der Waals surface area contributed by atoms with Crippen LogP contribution < -0.4 is 0 Å². The van der Waals surface area contributed by atoms with Crippen molar-refractivity contribution < 1.29 is 14.0 Å². The Hall–Kier alpha value is -3.72. The van der Waals surface area contributed by atoms with Gasteiger partial charge < -0.3 is 4.42 Å². The first kappa shape index (κ1) is 15.5. The van der Waals surface area contributed by atoms with Gasteiger partial charge >= 0.3 is 0 Å². The van der Waals surface area contributed by atoms with E-state index in [-0.39, 0.29) is 11.6 Å². The van der Waals surface area contributed by atoms with E-state index in [4.69, 9.17) is 4.42 Å². The van der Waals surface area contributed by atoms with E-state index >= 15 is 0 Å². The van der Waals surface area contributed by atoms with E-state index in [2.05, 4.69) is 0 Å². The zero-order chi connectivity index (χ0) is 18.4. The van der Waals surface area contributed by atoms with Crippen LogP contribution in [0.1, 0.15) is 31.8 Å². The average Bonchev–Trinajstić information content (AvgIpc) is 3.11. The van der Waals surface area contributed by atoms with E-state index in [1.807, 2.05) is 48.5 Å². The number of carbonyl (C=O) groups is 2. The van der Waals surface area contributed by atoms with Crippen LogP contribution in [0.2, 0.25) is 0 Å². The molecule has 0 amide bonds. The molecule has 0 fully saturated rings. The first-order chi connectivity index (χ1) is 13.2. The first-order valence-corrected chi connectivity index (χ1v) is 8.71. The molecule has 4 aromatic rings. The van der Waals surface area contributed by atoms with Crippen LogP contribution in [0.15, 0.2) is 83.3 Å². The van der Waals surface area contributed by atoms with Gasteiger partial charge in [-0.2, -0.15) is 0 Å². The first-order valence-electron chi connectivity index (χ1n) is 8.71. The molecule has 0 spiro atoms. The largest absolute Gasteiger partial charge is 0.455 e. The monoisotopic (exact) mass is 350 g/mol. The second-order valence-electron chi connectivity index (χ2n) is 6.46. The lowest BCUT2D eigenvalue weighted by Gasteiger charge is -2.11. The van der Waals surface area contributed by atoms with Gasteiger partial charge in [0, 0.05) is 33.2 Å². The van der Waals surface area contributed by atoms with Crippen LogP contribution >= 0.6 is 0 Å². The maximum absolute atomic E-state index is 13.0. The van der Waals surface area contributed by atoms with Gasteiger partial charge in [-0.05, 0) is 24.3 Å². The number of hydrogen-bond donors (Lipinski definition) is 0. The van der Waals surface area contributed by atoms with E-state index < -0.39 is 0 Å². The average molecular weight is 350 g/mol. The summed E-state index contributed by atoms with van der Waals surface area (Å²) in [5, 5.41) is 0.711. The van der Waals surface area contributed by atoms with E-state index in [0.29, 0.717) is 33.4 Å². The van der Waals surface area contributed by atoms with E-state index in [0.717, 1.165) is 11.1 Å². The Morgan fingerprint density at radius 3 is 2.22 bits per heavy atom. The number of carbonyl (C=O) groups excluding carboxylic acids is 2. The van der Waals surface area contributed by atoms with Crippen molar-refractivity contribution in [3.63, 3.8) is 0 Å². The summed E-state index contributed by atoms with van der Waals surface area (Å²) in [5.41, 5.74) is 3.78. The molecule has 0 atom stereocenters. The fourth-order valence-electron chi connectivity index (χ4n) is 3.61. The Balaban J connectivity index is 1.78. The predicted molar refractivity (Wildman–Crippen MR) is 105 cm³/mol. The minimum absolute atomic E-state index is 0.162. The van der Waals surface area contributed by atoms with Crippen molar-refractivity contribution in [1.82, 2.24) is 0 Å². The van der Waals surface area contributed by atoms with Crippen LogP contribution in [-0.4, -0.2) is 11.6 Å². The Kier molecular flexibility index (Phi) is 3.41. The van der Waals surface area contributed by atoms with Crippen LogP contribution in [0.5, 0.6) is 0 Å². The molecule has 1 aromatic heterocycles. The molecule has 3 aromatic carbocycles. The van der Waals surface area contributed by atoms with Crippen LogP contribution in [0.25, 0.3) is 28.4 Å².